The zero-order valence-electron chi connectivity index (χ0n) is 6.60. The van der Waals surface area contributed by atoms with Crippen LogP contribution in [0.15, 0.2) is 16.9 Å². The third-order valence-corrected chi connectivity index (χ3v) is 2.35. The van der Waals surface area contributed by atoms with E-state index < -0.39 is 24.4 Å². The van der Waals surface area contributed by atoms with Gasteiger partial charge in [0.2, 0.25) is 0 Å². The first-order valence-corrected chi connectivity index (χ1v) is 4.63. The molecule has 0 spiro atoms. The third-order valence-electron chi connectivity index (χ3n) is 1.42. The van der Waals surface area contributed by atoms with Crippen LogP contribution in [0.3, 0.4) is 0 Å². The van der Waals surface area contributed by atoms with Crippen LogP contribution in [-0.4, -0.2) is 33.6 Å². The van der Waals surface area contributed by atoms with Gasteiger partial charge in [0.15, 0.2) is 6.04 Å². The van der Waals surface area contributed by atoms with E-state index in [1.165, 1.54) is 0 Å². The van der Waals surface area contributed by atoms with Gasteiger partial charge in [-0.05, 0) is 14.7 Å². The first kappa shape index (κ1) is 9.86. The van der Waals surface area contributed by atoms with Crippen molar-refractivity contribution >= 4 is 26.0 Å². The molecule has 0 radical (unpaired) electrons. The van der Waals surface area contributed by atoms with Crippen LogP contribution in [0.25, 0.3) is 0 Å². The fraction of sp³-hybridized carbons (Fsp3) is 0.286. The number of allylic oxidation sites excluding steroid dienone is 1. The average Bonchev–Trinajstić information content (AvgIpc) is 1.92. The Balaban J connectivity index is 2.62. The highest BCUT2D eigenvalue weighted by atomic mass is 31.1. The lowest BCUT2D eigenvalue weighted by Gasteiger charge is -2.09. The Labute approximate surface area is 76.0 Å². The van der Waals surface area contributed by atoms with Gasteiger partial charge in [-0.2, -0.15) is 0 Å². The predicted octanol–water partition coefficient (Wildman–Crippen LogP) is 0.519. The number of aliphatic carboxylic acids is 2. The van der Waals surface area contributed by atoms with E-state index in [2.05, 4.69) is 4.99 Å². The van der Waals surface area contributed by atoms with Crippen LogP contribution in [0.1, 0.15) is 6.42 Å². The number of carboxylic acids is 2. The molecule has 6 heteroatoms. The Morgan fingerprint density at radius 1 is 1.54 bits per heavy atom. The lowest BCUT2D eigenvalue weighted by molar-refractivity contribution is -0.144. The highest BCUT2D eigenvalue weighted by Crippen LogP contribution is 2.26. The van der Waals surface area contributed by atoms with Crippen LogP contribution in [0.5, 0.6) is 0 Å². The Hall–Kier alpha value is -1.22. The fourth-order valence-corrected chi connectivity index (χ4v) is 1.31. The van der Waals surface area contributed by atoms with E-state index in [4.69, 9.17) is 10.2 Å². The minimum Gasteiger partial charge on any atom is -0.481 e. The molecule has 0 amide bonds. The quantitative estimate of drug-likeness (QED) is 0.649. The topological polar surface area (TPSA) is 87.0 Å². The molecule has 0 aromatic rings. The molecule has 2 N–H and O–H groups in total. The van der Waals surface area contributed by atoms with Gasteiger partial charge in [0, 0.05) is 0 Å². The van der Waals surface area contributed by atoms with Gasteiger partial charge in [0.05, 0.1) is 11.9 Å². The van der Waals surface area contributed by atoms with Gasteiger partial charge in [-0.1, -0.05) is 5.82 Å². The number of carboxylic acid groups (broad SMARTS) is 2. The molecule has 1 heterocycles. The number of hydrogen-bond acceptors (Lipinski definition) is 3. The molecule has 0 fully saturated rings. The first-order chi connectivity index (χ1) is 6.09. The molecule has 70 valence electrons. The summed E-state index contributed by atoms with van der Waals surface area (Å²) in [5.74, 6) is -0.484. The maximum atomic E-state index is 10.5. The maximum Gasteiger partial charge on any atom is 0.329 e. The zero-order chi connectivity index (χ0) is 9.84. The van der Waals surface area contributed by atoms with Gasteiger partial charge in [-0.15, -0.1) is 0 Å². The second-order valence-corrected chi connectivity index (χ2v) is 3.58. The molecule has 2 atom stereocenters. The van der Waals surface area contributed by atoms with Crippen LogP contribution in [0.2, 0.25) is 0 Å². The average molecular weight is 201 g/mol. The zero-order valence-corrected chi connectivity index (χ0v) is 7.60. The van der Waals surface area contributed by atoms with Crippen molar-refractivity contribution in [2.75, 3.05) is 0 Å². The normalized spacial score (nSPS) is 21.4. The molecular formula is C7H8NO4P. The second kappa shape index (κ2) is 4.14. The van der Waals surface area contributed by atoms with Crippen LogP contribution < -0.4 is 0 Å². The van der Waals surface area contributed by atoms with E-state index in [1.807, 2.05) is 5.82 Å². The van der Waals surface area contributed by atoms with E-state index in [1.54, 1.807) is 6.08 Å². The monoisotopic (exact) mass is 201 g/mol. The summed E-state index contributed by atoms with van der Waals surface area (Å²) >= 11 is 0. The fourth-order valence-electron chi connectivity index (χ4n) is 0.760. The van der Waals surface area contributed by atoms with Gasteiger partial charge < -0.3 is 10.2 Å². The molecule has 0 saturated heterocycles. The van der Waals surface area contributed by atoms with Crippen LogP contribution >= 0.6 is 8.58 Å². The van der Waals surface area contributed by atoms with Gasteiger partial charge >= 0.3 is 11.9 Å². The number of hydrogen-bond donors (Lipinski definition) is 2. The highest BCUT2D eigenvalue weighted by Gasteiger charge is 2.20. The lowest BCUT2D eigenvalue weighted by atomic mass is 10.2. The molecular weight excluding hydrogens is 193 g/mol. The van der Waals surface area contributed by atoms with E-state index in [0.717, 1.165) is 0 Å². The maximum absolute atomic E-state index is 10.5. The van der Waals surface area contributed by atoms with E-state index >= 15 is 0 Å². The number of carbonyl (C=O) groups is 2. The van der Waals surface area contributed by atoms with Crippen molar-refractivity contribution in [2.24, 2.45) is 4.99 Å². The van der Waals surface area contributed by atoms with Crippen molar-refractivity contribution < 1.29 is 19.8 Å². The minimum atomic E-state index is -1.19. The molecule has 5 nitrogen and oxygen atoms in total. The predicted molar refractivity (Wildman–Crippen MR) is 48.6 cm³/mol. The second-order valence-electron chi connectivity index (χ2n) is 2.44. The Bertz CT molecular complexity index is 297. The summed E-state index contributed by atoms with van der Waals surface area (Å²) < 4.78 is 0. The molecule has 0 bridgehead atoms. The van der Waals surface area contributed by atoms with Gasteiger partial charge in [0.25, 0.3) is 0 Å². The van der Waals surface area contributed by atoms with Crippen molar-refractivity contribution in [1.29, 1.82) is 0 Å². The Kier molecular flexibility index (Phi) is 3.14. The summed E-state index contributed by atoms with van der Waals surface area (Å²) in [6, 6.07) is -1.15. The molecule has 0 aromatic heterocycles. The van der Waals surface area contributed by atoms with Gasteiger partial charge in [0.1, 0.15) is 0 Å². The van der Waals surface area contributed by atoms with Crippen LogP contribution in [0.4, 0.5) is 0 Å². The molecule has 1 aliphatic heterocycles. The van der Waals surface area contributed by atoms with Crippen molar-refractivity contribution in [2.45, 2.75) is 12.5 Å². The number of rotatable bonds is 4. The van der Waals surface area contributed by atoms with Crippen LogP contribution in [-0.2, 0) is 9.59 Å². The van der Waals surface area contributed by atoms with Gasteiger partial charge in [-0.3, -0.25) is 9.79 Å². The molecule has 0 aliphatic carbocycles. The van der Waals surface area contributed by atoms with Crippen molar-refractivity contribution in [3.05, 3.63) is 11.9 Å². The summed E-state index contributed by atoms with van der Waals surface area (Å²) in [7, 11) is 0.407. The van der Waals surface area contributed by atoms with E-state index in [0.29, 0.717) is 14.0 Å². The molecule has 13 heavy (non-hydrogen) atoms. The van der Waals surface area contributed by atoms with Crippen LogP contribution in [0, 0.1) is 0 Å². The molecule has 1 aliphatic rings. The summed E-state index contributed by atoms with van der Waals surface area (Å²) in [6.45, 7) is 0. The minimum absolute atomic E-state index is 0.407. The van der Waals surface area contributed by atoms with Crippen molar-refractivity contribution in [1.82, 2.24) is 0 Å². The SMILES string of the molecule is O=C(O)C[C@H](N=C1C=CP1)C(=O)O. The highest BCUT2D eigenvalue weighted by molar-refractivity contribution is 7.65. The lowest BCUT2D eigenvalue weighted by Crippen LogP contribution is -2.22. The third kappa shape index (κ3) is 2.95. The summed E-state index contributed by atoms with van der Waals surface area (Å²) in [5, 5.41) is 17.0. The van der Waals surface area contributed by atoms with E-state index in [9.17, 15) is 9.59 Å². The molecule has 0 aromatic carbocycles. The van der Waals surface area contributed by atoms with E-state index in [-0.39, 0.29) is 0 Å². The molecule has 0 saturated carbocycles. The Morgan fingerprint density at radius 2 is 2.15 bits per heavy atom. The standard InChI is InChI=1S/C7H8NO4P/c9-6(10)3-4(7(11)12)8-5-1-2-13-5/h1-2,4,13H,3H2,(H,9,10)(H,11,12)/t4-/m0/s1. The van der Waals surface area contributed by atoms with Crippen molar-refractivity contribution in [3.63, 3.8) is 0 Å². The smallest absolute Gasteiger partial charge is 0.329 e. The summed E-state index contributed by atoms with van der Waals surface area (Å²) in [4.78, 5) is 24.6. The van der Waals surface area contributed by atoms with Crippen molar-refractivity contribution in [3.8, 4) is 0 Å². The molecule has 1 rings (SSSR count). The largest absolute Gasteiger partial charge is 0.481 e. The van der Waals surface area contributed by atoms with Gasteiger partial charge in [-0.25, -0.2) is 4.79 Å². The number of aliphatic imine (C=N–C) groups is 1. The summed E-state index contributed by atoms with van der Waals surface area (Å²) in [6.07, 6.45) is 1.23. The molecule has 1 unspecified atom stereocenters. The number of nitrogens with zero attached hydrogens (tertiary/aromatic N) is 1. The summed E-state index contributed by atoms with van der Waals surface area (Å²) in [5.41, 5.74) is 0.675. The Morgan fingerprint density at radius 3 is 2.46 bits per heavy atom. The first-order valence-electron chi connectivity index (χ1n) is 3.55.